The van der Waals surface area contributed by atoms with Crippen LogP contribution in [-0.4, -0.2) is 18.4 Å². The van der Waals surface area contributed by atoms with Gasteiger partial charge in [-0.05, 0) is 43.1 Å². The van der Waals surface area contributed by atoms with Gasteiger partial charge in [0.2, 0.25) is 11.8 Å². The van der Waals surface area contributed by atoms with Crippen LogP contribution in [0.25, 0.3) is 0 Å². The molecule has 0 saturated heterocycles. The predicted molar refractivity (Wildman–Crippen MR) is 96.9 cm³/mol. The van der Waals surface area contributed by atoms with E-state index < -0.39 is 0 Å². The molecule has 0 heterocycles. The topological polar surface area (TPSA) is 84.2 Å². The maximum Gasteiger partial charge on any atom is 0.228 e. The quantitative estimate of drug-likeness (QED) is 0.732. The van der Waals surface area contributed by atoms with Gasteiger partial charge in [0, 0.05) is 6.42 Å². The predicted octanol–water partition coefficient (Wildman–Crippen LogP) is 2.85. The van der Waals surface area contributed by atoms with E-state index in [1.807, 2.05) is 49.4 Å². The van der Waals surface area contributed by atoms with Gasteiger partial charge < -0.3 is 16.4 Å². The van der Waals surface area contributed by atoms with Crippen LogP contribution in [0.1, 0.15) is 24.0 Å². The Kier molecular flexibility index (Phi) is 6.51. The molecule has 0 bridgehead atoms. The number of anilines is 2. The van der Waals surface area contributed by atoms with E-state index in [2.05, 4.69) is 10.6 Å². The molecule has 24 heavy (non-hydrogen) atoms. The van der Waals surface area contributed by atoms with Gasteiger partial charge in [0.05, 0.1) is 17.8 Å². The van der Waals surface area contributed by atoms with Crippen molar-refractivity contribution < 1.29 is 9.59 Å². The largest absolute Gasteiger partial charge is 0.330 e. The SMILES string of the molecule is Cc1ccc(NC(=O)Cc2ccccc2)c(NC(=O)CCCN)c1. The lowest BCUT2D eigenvalue weighted by atomic mass is 10.1. The van der Waals surface area contributed by atoms with Crippen molar-refractivity contribution in [2.75, 3.05) is 17.2 Å². The van der Waals surface area contributed by atoms with Gasteiger partial charge in [-0.25, -0.2) is 0 Å². The number of rotatable bonds is 7. The summed E-state index contributed by atoms with van der Waals surface area (Å²) in [6, 6.07) is 15.1. The number of amides is 2. The van der Waals surface area contributed by atoms with E-state index in [1.165, 1.54) is 0 Å². The van der Waals surface area contributed by atoms with E-state index in [4.69, 9.17) is 5.73 Å². The second-order valence-electron chi connectivity index (χ2n) is 5.70. The van der Waals surface area contributed by atoms with E-state index in [9.17, 15) is 9.59 Å². The number of hydrogen-bond acceptors (Lipinski definition) is 3. The maximum atomic E-state index is 12.2. The Morgan fingerprint density at radius 3 is 2.38 bits per heavy atom. The highest BCUT2D eigenvalue weighted by atomic mass is 16.2. The third-order valence-corrected chi connectivity index (χ3v) is 3.54. The number of carbonyl (C=O) groups excluding carboxylic acids is 2. The number of nitrogens with one attached hydrogen (secondary N) is 2. The fourth-order valence-corrected chi connectivity index (χ4v) is 2.32. The van der Waals surface area contributed by atoms with E-state index in [1.54, 1.807) is 6.07 Å². The Balaban J connectivity index is 2.06. The van der Waals surface area contributed by atoms with Gasteiger partial charge in [-0.15, -0.1) is 0 Å². The van der Waals surface area contributed by atoms with Crippen molar-refractivity contribution in [2.45, 2.75) is 26.2 Å². The first kappa shape index (κ1) is 17.7. The normalized spacial score (nSPS) is 10.2. The maximum absolute atomic E-state index is 12.2. The fourth-order valence-electron chi connectivity index (χ4n) is 2.32. The number of benzene rings is 2. The number of aryl methyl sites for hydroxylation is 1. The second kappa shape index (κ2) is 8.84. The highest BCUT2D eigenvalue weighted by Gasteiger charge is 2.10. The minimum absolute atomic E-state index is 0.107. The molecule has 0 radical (unpaired) electrons. The molecule has 0 aromatic heterocycles. The van der Waals surface area contributed by atoms with Crippen molar-refractivity contribution >= 4 is 23.2 Å². The Hall–Kier alpha value is -2.66. The molecule has 2 rings (SSSR count). The molecular formula is C19H23N3O2. The summed E-state index contributed by atoms with van der Waals surface area (Å²) in [7, 11) is 0. The number of nitrogens with two attached hydrogens (primary N) is 1. The van der Waals surface area contributed by atoms with Crippen LogP contribution in [0.3, 0.4) is 0 Å². The summed E-state index contributed by atoms with van der Waals surface area (Å²) in [5.41, 5.74) is 8.58. The molecule has 2 amide bonds. The van der Waals surface area contributed by atoms with Crippen LogP contribution in [0.15, 0.2) is 48.5 Å². The molecule has 0 fully saturated rings. The van der Waals surface area contributed by atoms with Crippen molar-refractivity contribution in [2.24, 2.45) is 5.73 Å². The van der Waals surface area contributed by atoms with E-state index in [0.29, 0.717) is 30.8 Å². The van der Waals surface area contributed by atoms with Crippen LogP contribution in [0.5, 0.6) is 0 Å². The monoisotopic (exact) mass is 325 g/mol. The molecule has 0 spiro atoms. The van der Waals surface area contributed by atoms with Crippen LogP contribution in [0, 0.1) is 6.92 Å². The van der Waals surface area contributed by atoms with Gasteiger partial charge in [0.25, 0.3) is 0 Å². The highest BCUT2D eigenvalue weighted by molar-refractivity contribution is 6.00. The molecule has 2 aromatic carbocycles. The minimum atomic E-state index is -0.123. The molecule has 5 nitrogen and oxygen atoms in total. The summed E-state index contributed by atoms with van der Waals surface area (Å²) < 4.78 is 0. The molecule has 0 atom stereocenters. The van der Waals surface area contributed by atoms with Gasteiger partial charge in [-0.3, -0.25) is 9.59 Å². The molecule has 4 N–H and O–H groups in total. The van der Waals surface area contributed by atoms with Crippen LogP contribution in [0.4, 0.5) is 11.4 Å². The van der Waals surface area contributed by atoms with Crippen molar-refractivity contribution in [3.05, 3.63) is 59.7 Å². The molecular weight excluding hydrogens is 302 g/mol. The van der Waals surface area contributed by atoms with Gasteiger partial charge in [0.15, 0.2) is 0 Å². The summed E-state index contributed by atoms with van der Waals surface area (Å²) in [6.45, 7) is 2.41. The summed E-state index contributed by atoms with van der Waals surface area (Å²) in [5.74, 6) is -0.230. The van der Waals surface area contributed by atoms with Crippen LogP contribution < -0.4 is 16.4 Å². The van der Waals surface area contributed by atoms with E-state index >= 15 is 0 Å². The van der Waals surface area contributed by atoms with E-state index in [-0.39, 0.29) is 18.2 Å². The standard InChI is InChI=1S/C19H23N3O2/c1-14-9-10-16(17(12-14)22-18(23)8-5-11-20)21-19(24)13-15-6-3-2-4-7-15/h2-4,6-7,9-10,12H,5,8,11,13,20H2,1H3,(H,21,24)(H,22,23). The van der Waals surface area contributed by atoms with Crippen LogP contribution in [0.2, 0.25) is 0 Å². The van der Waals surface area contributed by atoms with Crippen molar-refractivity contribution in [3.63, 3.8) is 0 Å². The first-order valence-electron chi connectivity index (χ1n) is 8.03. The lowest BCUT2D eigenvalue weighted by Crippen LogP contribution is -2.18. The third kappa shape index (κ3) is 5.52. The number of carbonyl (C=O) groups is 2. The molecule has 0 aliphatic heterocycles. The molecule has 0 saturated carbocycles. The average molecular weight is 325 g/mol. The zero-order chi connectivity index (χ0) is 17.4. The first-order valence-corrected chi connectivity index (χ1v) is 8.03. The van der Waals surface area contributed by atoms with Gasteiger partial charge in [0.1, 0.15) is 0 Å². The summed E-state index contributed by atoms with van der Waals surface area (Å²) in [5, 5.41) is 5.72. The molecule has 126 valence electrons. The fraction of sp³-hybridized carbons (Fsp3) is 0.263. The van der Waals surface area contributed by atoms with Gasteiger partial charge in [-0.2, -0.15) is 0 Å². The average Bonchev–Trinajstić information content (AvgIpc) is 2.56. The van der Waals surface area contributed by atoms with E-state index in [0.717, 1.165) is 11.1 Å². The zero-order valence-electron chi connectivity index (χ0n) is 13.8. The smallest absolute Gasteiger partial charge is 0.228 e. The van der Waals surface area contributed by atoms with Crippen LogP contribution >= 0.6 is 0 Å². The second-order valence-corrected chi connectivity index (χ2v) is 5.70. The highest BCUT2D eigenvalue weighted by Crippen LogP contribution is 2.23. The Labute approximate surface area is 142 Å². The zero-order valence-corrected chi connectivity index (χ0v) is 13.8. The van der Waals surface area contributed by atoms with Crippen LogP contribution in [-0.2, 0) is 16.0 Å². The minimum Gasteiger partial charge on any atom is -0.330 e. The first-order chi connectivity index (χ1) is 11.6. The van der Waals surface area contributed by atoms with Crippen molar-refractivity contribution in [3.8, 4) is 0 Å². The molecule has 0 aliphatic rings. The third-order valence-electron chi connectivity index (χ3n) is 3.54. The Morgan fingerprint density at radius 2 is 1.67 bits per heavy atom. The molecule has 2 aromatic rings. The molecule has 5 heteroatoms. The van der Waals surface area contributed by atoms with Crippen molar-refractivity contribution in [1.82, 2.24) is 0 Å². The summed E-state index contributed by atoms with van der Waals surface area (Å²) in [4.78, 5) is 24.2. The lowest BCUT2D eigenvalue weighted by Gasteiger charge is -2.13. The Morgan fingerprint density at radius 1 is 0.958 bits per heavy atom. The molecule has 0 aliphatic carbocycles. The summed E-state index contributed by atoms with van der Waals surface area (Å²) in [6.07, 6.45) is 1.28. The van der Waals surface area contributed by atoms with Gasteiger partial charge >= 0.3 is 0 Å². The lowest BCUT2D eigenvalue weighted by molar-refractivity contribution is -0.117. The Bertz CT molecular complexity index is 699. The molecule has 0 unspecified atom stereocenters. The summed E-state index contributed by atoms with van der Waals surface area (Å²) >= 11 is 0. The van der Waals surface area contributed by atoms with Crippen molar-refractivity contribution in [1.29, 1.82) is 0 Å². The number of hydrogen-bond donors (Lipinski definition) is 3. The van der Waals surface area contributed by atoms with Gasteiger partial charge in [-0.1, -0.05) is 36.4 Å².